The molecule has 1 saturated heterocycles. The van der Waals surface area contributed by atoms with E-state index in [4.69, 9.17) is 15.0 Å². The second-order valence-corrected chi connectivity index (χ2v) is 13.9. The van der Waals surface area contributed by atoms with Crippen LogP contribution >= 0.6 is 0 Å². The molecule has 1 fully saturated rings. The van der Waals surface area contributed by atoms with Gasteiger partial charge < -0.3 is 0 Å². The van der Waals surface area contributed by atoms with Crippen molar-refractivity contribution in [1.29, 1.82) is 0 Å². The van der Waals surface area contributed by atoms with Crippen molar-refractivity contribution in [2.75, 3.05) is 50.7 Å². The van der Waals surface area contributed by atoms with Crippen molar-refractivity contribution in [2.45, 2.75) is 38.6 Å². The molecule has 2 amide bonds. The second-order valence-electron chi connectivity index (χ2n) is 13.9. The first-order chi connectivity index (χ1) is 26.6. The number of aromatic nitrogens is 4. The van der Waals surface area contributed by atoms with Crippen molar-refractivity contribution < 1.29 is 9.59 Å². The maximum absolute atomic E-state index is 12.4. The Balaban J connectivity index is 1.21. The fourth-order valence-corrected chi connectivity index (χ4v) is 7.18. The van der Waals surface area contributed by atoms with Gasteiger partial charge in [0.25, 0.3) is 11.8 Å². The molecule has 5 aromatic rings. The average molecular weight is 722 g/mol. The van der Waals surface area contributed by atoms with Gasteiger partial charge in [0.15, 0.2) is 0 Å². The Labute approximate surface area is 317 Å². The lowest BCUT2D eigenvalue weighted by Crippen LogP contribution is -2.50. The first-order valence-electron chi connectivity index (χ1n) is 18.7. The Morgan fingerprint density at radius 1 is 0.481 bits per heavy atom. The number of hydrogen-bond donors (Lipinski definition) is 0. The molecule has 6 heterocycles. The van der Waals surface area contributed by atoms with E-state index in [2.05, 4.69) is 73.1 Å². The van der Waals surface area contributed by atoms with Gasteiger partial charge in [-0.05, 0) is 72.6 Å². The minimum atomic E-state index is -0.314. The zero-order valence-electron chi connectivity index (χ0n) is 30.6. The minimum absolute atomic E-state index is 0.110. The number of rotatable bonds is 11. The zero-order chi connectivity index (χ0) is 37.0. The van der Waals surface area contributed by atoms with Gasteiger partial charge in [-0.1, -0.05) is 36.4 Å². The average Bonchev–Trinajstić information content (AvgIpc) is 3.55. The van der Waals surface area contributed by atoms with E-state index in [1.807, 2.05) is 73.3 Å². The first-order valence-corrected chi connectivity index (χ1v) is 18.7. The zero-order valence-corrected chi connectivity index (χ0v) is 30.6. The predicted octanol–water partition coefficient (Wildman–Crippen LogP) is 4.63. The molecule has 11 heteroatoms. The lowest BCUT2D eigenvalue weighted by molar-refractivity contribution is -0.119. The van der Waals surface area contributed by atoms with E-state index in [1.165, 1.54) is 17.1 Å². The topological polar surface area (TPSA) is 102 Å². The molecule has 0 saturated carbocycles. The maximum Gasteiger partial charge on any atom is 0.258 e. The van der Waals surface area contributed by atoms with Gasteiger partial charge in [0.1, 0.15) is 0 Å². The van der Waals surface area contributed by atoms with E-state index in [-0.39, 0.29) is 17.9 Å². The van der Waals surface area contributed by atoms with Gasteiger partial charge in [-0.25, -0.2) is 4.90 Å². The third kappa shape index (κ3) is 10.4. The molecule has 276 valence electrons. The quantitative estimate of drug-likeness (QED) is 0.180. The van der Waals surface area contributed by atoms with E-state index in [0.717, 1.165) is 100 Å². The first kappa shape index (κ1) is 36.9. The molecule has 2 aliphatic rings. The molecule has 0 spiro atoms. The van der Waals surface area contributed by atoms with Gasteiger partial charge in [-0.2, -0.15) is 0 Å². The molecule has 7 rings (SSSR count). The van der Waals surface area contributed by atoms with Crippen LogP contribution in [0.5, 0.6) is 0 Å². The van der Waals surface area contributed by atoms with Crippen molar-refractivity contribution in [2.24, 2.45) is 0 Å². The number of anilines is 1. The third-order valence-corrected chi connectivity index (χ3v) is 10.1. The number of nitrogens with zero attached hydrogens (tertiary/aromatic N) is 9. The van der Waals surface area contributed by atoms with Crippen molar-refractivity contribution in [3.05, 3.63) is 162 Å². The van der Waals surface area contributed by atoms with Crippen molar-refractivity contribution in [3.8, 4) is 0 Å². The van der Waals surface area contributed by atoms with Crippen LogP contribution in [0.2, 0.25) is 0 Å². The number of carbonyl (C=O) groups is 2. The fourth-order valence-electron chi connectivity index (χ4n) is 7.18. The van der Waals surface area contributed by atoms with Gasteiger partial charge in [-0.3, -0.25) is 49.1 Å². The molecule has 1 aromatic carbocycles. The maximum atomic E-state index is 12.4. The standard InChI is InChI=1S/C43H47N9O2/c53-42-17-18-43(54)52(42)40-15-13-35(14-16-40)29-41-34-50(32-38-11-3-7-21-46-38)26-25-48(30-36-9-1-5-19-44-36)23-24-49(31-37-10-2-6-20-45-37)27-28-51(41)33-39-12-4-8-22-47-39/h1-22,41H,23-34H2. The van der Waals surface area contributed by atoms with Crippen molar-refractivity contribution in [1.82, 2.24) is 39.5 Å². The number of imide groups is 1. The van der Waals surface area contributed by atoms with E-state index >= 15 is 0 Å². The predicted molar refractivity (Wildman–Crippen MR) is 209 cm³/mol. The van der Waals surface area contributed by atoms with Gasteiger partial charge >= 0.3 is 0 Å². The van der Waals surface area contributed by atoms with Gasteiger partial charge in [0, 0.05) is 115 Å². The minimum Gasteiger partial charge on any atom is -0.295 e. The summed E-state index contributed by atoms with van der Waals surface area (Å²) in [6.45, 7) is 8.94. The Morgan fingerprint density at radius 3 is 1.37 bits per heavy atom. The number of carbonyl (C=O) groups excluding carboxylic acids is 2. The van der Waals surface area contributed by atoms with Crippen LogP contribution in [0.4, 0.5) is 5.69 Å². The molecular formula is C43H47N9O2. The molecule has 1 unspecified atom stereocenters. The highest BCUT2D eigenvalue weighted by molar-refractivity contribution is 6.28. The molecular weight excluding hydrogens is 675 g/mol. The SMILES string of the molecule is O=C1C=CC(=O)N1c1ccc(CC2CN(Cc3ccccn3)CCN(Cc3ccccn3)CCN(Cc3ccccn3)CCN2Cc2ccccn2)cc1. The van der Waals surface area contributed by atoms with Crippen LogP contribution in [0, 0.1) is 0 Å². The van der Waals surface area contributed by atoms with E-state index in [1.54, 1.807) is 0 Å². The number of hydrogen-bond acceptors (Lipinski definition) is 10. The Hall–Kier alpha value is -5.46. The summed E-state index contributed by atoms with van der Waals surface area (Å²) in [6.07, 6.45) is 10.9. The van der Waals surface area contributed by atoms with Crippen LogP contribution in [0.25, 0.3) is 0 Å². The summed E-state index contributed by atoms with van der Waals surface area (Å²) in [5.41, 5.74) is 5.90. The molecule has 11 nitrogen and oxygen atoms in total. The molecule has 1 atom stereocenters. The Kier molecular flexibility index (Phi) is 12.7. The van der Waals surface area contributed by atoms with Crippen LogP contribution in [-0.2, 0) is 42.2 Å². The lowest BCUT2D eigenvalue weighted by Gasteiger charge is -2.39. The van der Waals surface area contributed by atoms with Crippen LogP contribution < -0.4 is 4.90 Å². The number of pyridine rings is 4. The molecule has 2 aliphatic heterocycles. The monoisotopic (exact) mass is 721 g/mol. The number of amides is 2. The van der Waals surface area contributed by atoms with Gasteiger partial charge in [0.05, 0.1) is 28.5 Å². The lowest BCUT2D eigenvalue weighted by atomic mass is 10.0. The van der Waals surface area contributed by atoms with Crippen molar-refractivity contribution >= 4 is 17.5 Å². The van der Waals surface area contributed by atoms with E-state index in [9.17, 15) is 9.59 Å². The summed E-state index contributed by atoms with van der Waals surface area (Å²) in [7, 11) is 0. The summed E-state index contributed by atoms with van der Waals surface area (Å²) < 4.78 is 0. The largest absolute Gasteiger partial charge is 0.295 e. The molecule has 0 radical (unpaired) electrons. The van der Waals surface area contributed by atoms with Gasteiger partial charge in [-0.15, -0.1) is 0 Å². The summed E-state index contributed by atoms with van der Waals surface area (Å²) in [5, 5.41) is 0. The highest BCUT2D eigenvalue weighted by Crippen LogP contribution is 2.22. The van der Waals surface area contributed by atoms with E-state index in [0.29, 0.717) is 12.2 Å². The second kappa shape index (κ2) is 18.5. The van der Waals surface area contributed by atoms with Gasteiger partial charge in [0.2, 0.25) is 0 Å². The highest BCUT2D eigenvalue weighted by Gasteiger charge is 2.27. The summed E-state index contributed by atoms with van der Waals surface area (Å²) in [6, 6.07) is 32.5. The molecule has 0 aliphatic carbocycles. The highest BCUT2D eigenvalue weighted by atomic mass is 16.2. The summed E-state index contributed by atoms with van der Waals surface area (Å²) in [5.74, 6) is -0.628. The van der Waals surface area contributed by atoms with Crippen LogP contribution in [-0.4, -0.2) is 103 Å². The van der Waals surface area contributed by atoms with Crippen LogP contribution in [0.3, 0.4) is 0 Å². The van der Waals surface area contributed by atoms with Crippen LogP contribution in [0.1, 0.15) is 28.3 Å². The molecule has 0 N–H and O–H groups in total. The molecule has 0 bridgehead atoms. The smallest absolute Gasteiger partial charge is 0.258 e. The third-order valence-electron chi connectivity index (χ3n) is 10.1. The fraction of sp³-hybridized carbons (Fsp3) is 0.302. The van der Waals surface area contributed by atoms with E-state index < -0.39 is 0 Å². The number of benzene rings is 1. The summed E-state index contributed by atoms with van der Waals surface area (Å²) in [4.78, 5) is 55.1. The Morgan fingerprint density at radius 2 is 0.907 bits per heavy atom. The normalized spacial score (nSPS) is 18.4. The molecule has 4 aromatic heterocycles. The summed E-state index contributed by atoms with van der Waals surface area (Å²) >= 11 is 0. The van der Waals surface area contributed by atoms with Crippen LogP contribution in [0.15, 0.2) is 134 Å². The van der Waals surface area contributed by atoms with Crippen molar-refractivity contribution in [3.63, 3.8) is 0 Å². The Bertz CT molecular complexity index is 1930. The molecule has 54 heavy (non-hydrogen) atoms.